The van der Waals surface area contributed by atoms with Crippen molar-refractivity contribution in [2.45, 2.75) is 162 Å². The van der Waals surface area contributed by atoms with E-state index in [-0.39, 0.29) is 58.9 Å². The van der Waals surface area contributed by atoms with Crippen molar-refractivity contribution in [1.82, 2.24) is 0 Å². The third kappa shape index (κ3) is 15.1. The number of unbranched alkanes of at least 4 members (excludes halogenated alkanes) is 15. The van der Waals surface area contributed by atoms with E-state index >= 15 is 0 Å². The topological polar surface area (TPSA) is 0 Å². The first-order valence-corrected chi connectivity index (χ1v) is 17.5. The van der Waals surface area contributed by atoms with Crippen LogP contribution in [-0.2, 0) is 21.7 Å². The molecule has 5 heteroatoms. The smallest absolute Gasteiger partial charge is 1.00 e. The Bertz CT molecular complexity index is 760. The quantitative estimate of drug-likeness (QED) is 0.122. The predicted octanol–water partition coefficient (Wildman–Crippen LogP) is 1.62. The standard InChI is InChI=1S/C34H59Si.3ClH.Ti/c1-7-8-9-10-11-12-13-14-15-16-17-18-19-20-21-25-28-35(34(6)26-23-22-24-27-34)33-31(4)29(2)30(3)32(33)5;;;;/h22-24,26,35H,7-21,25,27-28H2,1-6H3;3*1H;/q-1;;;;+4/p-3. The number of halogens is 3. The first kappa shape index (κ1) is 44.1. The molecular formula is C34H59Cl3SiTi. The van der Waals surface area contributed by atoms with E-state index in [1.165, 1.54) is 115 Å². The van der Waals surface area contributed by atoms with Crippen LogP contribution in [0.2, 0.25) is 11.1 Å². The van der Waals surface area contributed by atoms with E-state index in [9.17, 15) is 0 Å². The normalized spacial score (nSPS) is 16.6. The molecule has 0 heterocycles. The summed E-state index contributed by atoms with van der Waals surface area (Å²) in [4.78, 5) is 0. The van der Waals surface area contributed by atoms with E-state index < -0.39 is 8.80 Å². The fourth-order valence-electron chi connectivity index (χ4n) is 6.47. The molecule has 0 amide bonds. The monoisotopic (exact) mass is 648 g/mol. The maximum atomic E-state index is 2.56. The van der Waals surface area contributed by atoms with Gasteiger partial charge in [0.15, 0.2) is 0 Å². The third-order valence-corrected chi connectivity index (χ3v) is 13.8. The molecule has 1 aromatic carbocycles. The molecule has 0 aliphatic heterocycles. The molecule has 2 rings (SSSR count). The van der Waals surface area contributed by atoms with Gasteiger partial charge in [0.2, 0.25) is 0 Å². The Kier molecular flexibility index (Phi) is 28.4. The molecule has 0 saturated carbocycles. The van der Waals surface area contributed by atoms with E-state index in [4.69, 9.17) is 0 Å². The molecule has 0 saturated heterocycles. The zero-order valence-electron chi connectivity index (χ0n) is 26.2. The van der Waals surface area contributed by atoms with E-state index in [2.05, 4.69) is 65.8 Å². The van der Waals surface area contributed by atoms with Crippen LogP contribution in [0.15, 0.2) is 24.3 Å². The molecule has 1 aromatic rings. The van der Waals surface area contributed by atoms with Gasteiger partial charge in [0.1, 0.15) is 0 Å². The zero-order valence-corrected chi connectivity index (χ0v) is 31.2. The van der Waals surface area contributed by atoms with Gasteiger partial charge in [0.05, 0.1) is 0 Å². The fourth-order valence-corrected chi connectivity index (χ4v) is 11.0. The molecule has 0 N–H and O–H groups in total. The molecule has 0 nitrogen and oxygen atoms in total. The summed E-state index contributed by atoms with van der Waals surface area (Å²) < 4.78 is 0. The van der Waals surface area contributed by atoms with Gasteiger partial charge in [0, 0.05) is 8.80 Å². The fraction of sp³-hybridized carbons (Fsp3) is 0.735. The number of hydrogen-bond acceptors (Lipinski definition) is 0. The molecule has 0 radical (unpaired) electrons. The maximum Gasteiger partial charge on any atom is 4.00 e. The molecule has 1 aliphatic carbocycles. The summed E-state index contributed by atoms with van der Waals surface area (Å²) >= 11 is 0. The molecule has 0 fully saturated rings. The Balaban J connectivity index is -0.00000324. The van der Waals surface area contributed by atoms with Gasteiger partial charge in [0.25, 0.3) is 0 Å². The minimum Gasteiger partial charge on any atom is -1.00 e. The van der Waals surface area contributed by atoms with E-state index in [1.807, 2.05) is 5.19 Å². The van der Waals surface area contributed by atoms with Gasteiger partial charge in [-0.05, 0) is 11.5 Å². The minimum absolute atomic E-state index is 0. The summed E-state index contributed by atoms with van der Waals surface area (Å²) in [6.07, 6.45) is 34.1. The van der Waals surface area contributed by atoms with E-state index in [1.54, 1.807) is 22.3 Å². The first-order valence-electron chi connectivity index (χ1n) is 15.5. The summed E-state index contributed by atoms with van der Waals surface area (Å²) in [5, 5.41) is 2.20. The van der Waals surface area contributed by atoms with Gasteiger partial charge in [-0.1, -0.05) is 175 Å². The molecule has 0 bridgehead atoms. The second kappa shape index (κ2) is 25.2. The molecule has 224 valence electrons. The average molecular weight is 650 g/mol. The van der Waals surface area contributed by atoms with Gasteiger partial charge in [-0.15, -0.1) is 0 Å². The van der Waals surface area contributed by atoms with Crippen molar-refractivity contribution in [3.63, 3.8) is 0 Å². The second-order valence-corrected chi connectivity index (χ2v) is 15.6. The van der Waals surface area contributed by atoms with Gasteiger partial charge < -0.3 is 37.2 Å². The summed E-state index contributed by atoms with van der Waals surface area (Å²) in [5.74, 6) is 0. The summed E-state index contributed by atoms with van der Waals surface area (Å²) in [6, 6.07) is 1.47. The average Bonchev–Trinajstić information content (AvgIpc) is 3.04. The predicted molar refractivity (Wildman–Crippen MR) is 163 cm³/mol. The number of rotatable bonds is 19. The summed E-state index contributed by atoms with van der Waals surface area (Å²) in [5.41, 5.74) is 6.36. The molecule has 2 atom stereocenters. The van der Waals surface area contributed by atoms with E-state index in [0.717, 1.165) is 0 Å². The second-order valence-electron chi connectivity index (χ2n) is 12.1. The molecule has 39 heavy (non-hydrogen) atoms. The van der Waals surface area contributed by atoms with Gasteiger partial charge in [-0.2, -0.15) is 27.4 Å². The Morgan fingerprint density at radius 2 is 1.03 bits per heavy atom. The maximum absolute atomic E-state index is 2.56. The molecule has 1 aliphatic rings. The van der Waals surface area contributed by atoms with Crippen LogP contribution in [0.4, 0.5) is 0 Å². The Labute approximate surface area is 279 Å². The van der Waals surface area contributed by atoms with Crippen LogP contribution < -0.4 is 42.4 Å². The van der Waals surface area contributed by atoms with Crippen LogP contribution in [0.3, 0.4) is 0 Å². The Morgan fingerprint density at radius 1 is 0.641 bits per heavy atom. The van der Waals surface area contributed by atoms with Crippen molar-refractivity contribution in [1.29, 1.82) is 0 Å². The molecule has 0 spiro atoms. The van der Waals surface area contributed by atoms with Crippen LogP contribution in [0.5, 0.6) is 0 Å². The van der Waals surface area contributed by atoms with Crippen molar-refractivity contribution in [2.75, 3.05) is 0 Å². The largest absolute Gasteiger partial charge is 4.00 e. The van der Waals surface area contributed by atoms with Crippen molar-refractivity contribution in [3.05, 3.63) is 46.6 Å². The van der Waals surface area contributed by atoms with Crippen LogP contribution in [0.25, 0.3) is 0 Å². The first-order chi connectivity index (χ1) is 16.9. The SMILES string of the molecule is CCCCCCCCCCCCCCCCCC[SiH]([c-]1c(C)c(C)c(C)c1C)C1(C)C=CC=CC1.[Cl-].[Cl-].[Cl-].[Ti+4]. The van der Waals surface area contributed by atoms with Gasteiger partial charge in [-0.3, -0.25) is 0 Å². The Hall–Kier alpha value is 0.631. The van der Waals surface area contributed by atoms with Crippen LogP contribution >= 0.6 is 0 Å². The summed E-state index contributed by atoms with van der Waals surface area (Å²) in [6.45, 7) is 14.4. The van der Waals surface area contributed by atoms with Crippen LogP contribution in [-0.4, -0.2) is 8.80 Å². The van der Waals surface area contributed by atoms with Crippen LogP contribution in [0.1, 0.15) is 145 Å². The number of hydrogen-bond donors (Lipinski definition) is 0. The molecule has 0 aromatic heterocycles. The van der Waals surface area contributed by atoms with Gasteiger partial charge in [-0.25, -0.2) is 0 Å². The van der Waals surface area contributed by atoms with E-state index in [0.29, 0.717) is 5.04 Å². The van der Waals surface area contributed by atoms with Crippen molar-refractivity contribution < 1.29 is 58.9 Å². The third-order valence-electron chi connectivity index (χ3n) is 9.27. The minimum atomic E-state index is -1.11. The molecular weight excluding hydrogens is 591 g/mol. The summed E-state index contributed by atoms with van der Waals surface area (Å²) in [7, 11) is -1.11. The zero-order chi connectivity index (χ0) is 25.5. The van der Waals surface area contributed by atoms with Crippen LogP contribution in [0, 0.1) is 27.7 Å². The number of allylic oxidation sites excluding steroid dienone is 4. The van der Waals surface area contributed by atoms with Crippen molar-refractivity contribution >= 4 is 14.0 Å². The van der Waals surface area contributed by atoms with Crippen molar-refractivity contribution in [2.24, 2.45) is 0 Å². The Morgan fingerprint density at radius 3 is 1.38 bits per heavy atom. The molecule has 2 unspecified atom stereocenters. The van der Waals surface area contributed by atoms with Crippen molar-refractivity contribution in [3.8, 4) is 0 Å². The van der Waals surface area contributed by atoms with Gasteiger partial charge >= 0.3 is 21.7 Å².